The molecule has 0 atom stereocenters. The lowest BCUT2D eigenvalue weighted by Gasteiger charge is -2.38. The van der Waals surface area contributed by atoms with Crippen LogP contribution in [0, 0.1) is 5.41 Å². The fraction of sp³-hybridized carbons (Fsp3) is 0.238. The third kappa shape index (κ3) is 6.25. The molecule has 0 amide bonds. The van der Waals surface area contributed by atoms with Crippen molar-refractivity contribution in [2.24, 2.45) is 5.41 Å². The minimum atomic E-state index is -0.610. The molecule has 0 fully saturated rings. The normalized spacial score (nSPS) is 11.8. The lowest BCUT2D eigenvalue weighted by Crippen LogP contribution is -2.38. The van der Waals surface area contributed by atoms with Crippen LogP contribution in [0.5, 0.6) is 5.75 Å². The first kappa shape index (κ1) is 31.0. The highest BCUT2D eigenvalue weighted by atomic mass is 16.5. The number of aryl methyl sites for hydroxylation is 2. The second-order valence-electron chi connectivity index (χ2n) is 12.8. The van der Waals surface area contributed by atoms with Crippen LogP contribution in [-0.4, -0.2) is 21.6 Å². The van der Waals surface area contributed by atoms with Crippen LogP contribution < -0.4 is 4.74 Å². The maximum absolute atomic E-state index is 5.85. The number of benzene rings is 4. The molecule has 0 N–H and O–H groups in total. The van der Waals surface area contributed by atoms with Gasteiger partial charge in [0.05, 0.1) is 18.5 Å². The van der Waals surface area contributed by atoms with Gasteiger partial charge in [-0.3, -0.25) is 4.98 Å². The summed E-state index contributed by atoms with van der Waals surface area (Å²) in [5.74, 6) is 1.89. The molecule has 0 aliphatic heterocycles. The Bertz CT molecular complexity index is 1750. The molecule has 6 aromatic rings. The number of rotatable bonds is 12. The first-order valence-electron chi connectivity index (χ1n) is 16.3. The lowest BCUT2D eigenvalue weighted by atomic mass is 9.76. The van der Waals surface area contributed by atoms with E-state index in [9.17, 15) is 0 Å². The van der Waals surface area contributed by atoms with Gasteiger partial charge in [0.1, 0.15) is 17.1 Å². The summed E-state index contributed by atoms with van der Waals surface area (Å²) in [5.41, 5.74) is 7.36. The quantitative estimate of drug-likeness (QED) is 0.130. The number of hydrogen-bond acceptors (Lipinski definition) is 3. The van der Waals surface area contributed by atoms with E-state index in [2.05, 4.69) is 146 Å². The molecule has 6 rings (SSSR count). The van der Waals surface area contributed by atoms with Gasteiger partial charge in [-0.15, -0.1) is 0 Å². The molecule has 232 valence electrons. The van der Waals surface area contributed by atoms with Crippen LogP contribution in [0.2, 0.25) is 0 Å². The van der Waals surface area contributed by atoms with E-state index in [1.807, 2.05) is 24.4 Å². The van der Waals surface area contributed by atoms with Crippen molar-refractivity contribution in [2.45, 2.75) is 52.0 Å². The number of pyridine rings is 1. The van der Waals surface area contributed by atoms with E-state index < -0.39 is 5.54 Å². The summed E-state index contributed by atoms with van der Waals surface area (Å²) in [6.45, 7) is 6.93. The van der Waals surface area contributed by atoms with Gasteiger partial charge in [0, 0.05) is 24.4 Å². The smallest absolute Gasteiger partial charge is 0.128 e. The van der Waals surface area contributed by atoms with Crippen LogP contribution in [0.25, 0.3) is 11.3 Å². The molecule has 0 bridgehead atoms. The Morgan fingerprint density at radius 2 is 1.28 bits per heavy atom. The van der Waals surface area contributed by atoms with Gasteiger partial charge >= 0.3 is 0 Å². The minimum Gasteiger partial charge on any atom is -0.496 e. The summed E-state index contributed by atoms with van der Waals surface area (Å²) in [6, 6.07) is 45.1. The molecule has 4 heteroatoms. The number of ether oxygens (including phenoxy) is 1. The molecule has 0 aliphatic carbocycles. The van der Waals surface area contributed by atoms with Crippen molar-refractivity contribution < 1.29 is 4.74 Å². The summed E-state index contributed by atoms with van der Waals surface area (Å²) < 4.78 is 8.32. The standard InChI is InChI=1S/C42H43N3O/c1-5-41(2,3)30-36-31-45(40(44-36)27-25-32-24-26-37(39(29-32)46-4)38-23-15-16-28-43-38)42(33-17-9-6-10-18-33,34-19-11-7-12-20-34)35-21-13-8-14-22-35/h6-24,26,28-29,31H,5,25,27,30H2,1-4H3. The predicted octanol–water partition coefficient (Wildman–Crippen LogP) is 9.56. The number of hydrogen-bond donors (Lipinski definition) is 0. The van der Waals surface area contributed by atoms with E-state index in [0.717, 1.165) is 54.2 Å². The summed E-state index contributed by atoms with van der Waals surface area (Å²) in [4.78, 5) is 9.98. The largest absolute Gasteiger partial charge is 0.496 e. The Morgan fingerprint density at radius 3 is 1.80 bits per heavy atom. The third-order valence-corrected chi connectivity index (χ3v) is 9.23. The number of methoxy groups -OCH3 is 1. The maximum atomic E-state index is 5.85. The van der Waals surface area contributed by atoms with E-state index in [1.54, 1.807) is 7.11 Å². The van der Waals surface area contributed by atoms with Crippen molar-refractivity contribution in [3.63, 3.8) is 0 Å². The molecule has 4 aromatic carbocycles. The predicted molar refractivity (Wildman–Crippen MR) is 188 cm³/mol. The van der Waals surface area contributed by atoms with E-state index in [-0.39, 0.29) is 5.41 Å². The topological polar surface area (TPSA) is 39.9 Å². The number of imidazole rings is 1. The Balaban J connectivity index is 1.51. The zero-order valence-electron chi connectivity index (χ0n) is 27.4. The summed E-state index contributed by atoms with van der Waals surface area (Å²) >= 11 is 0. The van der Waals surface area contributed by atoms with Crippen molar-refractivity contribution in [2.75, 3.05) is 7.11 Å². The average Bonchev–Trinajstić information content (AvgIpc) is 3.51. The van der Waals surface area contributed by atoms with Crippen LogP contribution >= 0.6 is 0 Å². The highest BCUT2D eigenvalue weighted by Gasteiger charge is 2.40. The van der Waals surface area contributed by atoms with Gasteiger partial charge in [-0.1, -0.05) is 130 Å². The second-order valence-corrected chi connectivity index (χ2v) is 12.8. The summed E-state index contributed by atoms with van der Waals surface area (Å²) in [7, 11) is 1.73. The lowest BCUT2D eigenvalue weighted by molar-refractivity contribution is 0.345. The van der Waals surface area contributed by atoms with Crippen molar-refractivity contribution in [1.29, 1.82) is 0 Å². The van der Waals surface area contributed by atoms with Gasteiger partial charge in [0.2, 0.25) is 0 Å². The molecule has 0 radical (unpaired) electrons. The zero-order valence-corrected chi connectivity index (χ0v) is 27.4. The van der Waals surface area contributed by atoms with Gasteiger partial charge < -0.3 is 9.30 Å². The monoisotopic (exact) mass is 605 g/mol. The third-order valence-electron chi connectivity index (χ3n) is 9.23. The zero-order chi connectivity index (χ0) is 32.0. The SMILES string of the molecule is CCC(C)(C)Cc1cn(C(c2ccccc2)(c2ccccc2)c2ccccc2)c(CCc2ccc(-c3ccccn3)c(OC)c2)n1. The number of aromatic nitrogens is 3. The minimum absolute atomic E-state index is 0.139. The first-order valence-corrected chi connectivity index (χ1v) is 16.3. The van der Waals surface area contributed by atoms with Gasteiger partial charge in [-0.25, -0.2) is 4.98 Å². The van der Waals surface area contributed by atoms with Gasteiger partial charge in [-0.2, -0.15) is 0 Å². The fourth-order valence-corrected chi connectivity index (χ4v) is 6.48. The van der Waals surface area contributed by atoms with Crippen molar-refractivity contribution in [3.8, 4) is 17.0 Å². The molecule has 0 saturated carbocycles. The molecule has 2 heterocycles. The van der Waals surface area contributed by atoms with Gasteiger partial charge in [-0.05, 0) is 64.8 Å². The molecule has 46 heavy (non-hydrogen) atoms. The summed E-state index contributed by atoms with van der Waals surface area (Å²) in [6.07, 6.45) is 7.72. The number of nitrogens with zero attached hydrogens (tertiary/aromatic N) is 3. The van der Waals surface area contributed by atoms with Gasteiger partial charge in [0.25, 0.3) is 0 Å². The average molecular weight is 606 g/mol. The van der Waals surface area contributed by atoms with E-state index in [4.69, 9.17) is 9.72 Å². The molecular formula is C42H43N3O. The van der Waals surface area contributed by atoms with Crippen LogP contribution in [0.15, 0.2) is 140 Å². The van der Waals surface area contributed by atoms with Crippen LogP contribution in [-0.2, 0) is 24.8 Å². The Kier molecular flexibility index (Phi) is 9.16. The fourth-order valence-electron chi connectivity index (χ4n) is 6.48. The van der Waals surface area contributed by atoms with Gasteiger partial charge in [0.15, 0.2) is 0 Å². The molecule has 4 nitrogen and oxygen atoms in total. The Labute approximate surface area is 273 Å². The molecule has 2 aromatic heterocycles. The van der Waals surface area contributed by atoms with Crippen LogP contribution in [0.4, 0.5) is 0 Å². The Hall–Kier alpha value is -4.96. The molecule has 0 unspecified atom stereocenters. The van der Waals surface area contributed by atoms with Crippen molar-refractivity contribution >= 4 is 0 Å². The first-order chi connectivity index (χ1) is 22.4. The summed E-state index contributed by atoms with van der Waals surface area (Å²) in [5, 5.41) is 0. The van der Waals surface area contributed by atoms with Crippen LogP contribution in [0.1, 0.15) is 61.0 Å². The molecule has 0 aliphatic rings. The van der Waals surface area contributed by atoms with E-state index in [0.29, 0.717) is 0 Å². The Morgan fingerprint density at radius 1 is 0.696 bits per heavy atom. The van der Waals surface area contributed by atoms with E-state index in [1.165, 1.54) is 22.3 Å². The maximum Gasteiger partial charge on any atom is 0.128 e. The molecule has 0 spiro atoms. The van der Waals surface area contributed by atoms with Crippen LogP contribution in [0.3, 0.4) is 0 Å². The highest BCUT2D eigenvalue weighted by molar-refractivity contribution is 5.67. The second kappa shape index (κ2) is 13.6. The van der Waals surface area contributed by atoms with E-state index >= 15 is 0 Å². The molecular weight excluding hydrogens is 562 g/mol. The highest BCUT2D eigenvalue weighted by Crippen LogP contribution is 2.42. The van der Waals surface area contributed by atoms with Crippen molar-refractivity contribution in [1.82, 2.24) is 14.5 Å². The van der Waals surface area contributed by atoms with Crippen molar-refractivity contribution in [3.05, 3.63) is 174 Å². The molecule has 0 saturated heterocycles.